The van der Waals surface area contributed by atoms with Crippen molar-refractivity contribution in [3.63, 3.8) is 0 Å². The highest BCUT2D eigenvalue weighted by molar-refractivity contribution is 5.73. The molecule has 28 heavy (non-hydrogen) atoms. The van der Waals surface area contributed by atoms with Crippen molar-refractivity contribution in [1.29, 1.82) is 0 Å². The summed E-state index contributed by atoms with van der Waals surface area (Å²) in [6.45, 7) is 4.49. The molecule has 0 bridgehead atoms. The SMILES string of the molecule is CC(=O)N[C@@H](C)c1ccc(O[C@@H]2CCN(c3ccnc(C(F)(F)F)c3)C2)cc1. The summed E-state index contributed by atoms with van der Waals surface area (Å²) < 4.78 is 44.5. The van der Waals surface area contributed by atoms with E-state index in [4.69, 9.17) is 4.74 Å². The first-order chi connectivity index (χ1) is 13.2. The number of nitrogens with one attached hydrogen (secondary N) is 1. The summed E-state index contributed by atoms with van der Waals surface area (Å²) in [7, 11) is 0. The fourth-order valence-electron chi connectivity index (χ4n) is 3.25. The number of hydrogen-bond donors (Lipinski definition) is 1. The summed E-state index contributed by atoms with van der Waals surface area (Å²) in [5.41, 5.74) is 0.568. The van der Waals surface area contributed by atoms with Gasteiger partial charge in [-0.1, -0.05) is 12.1 Å². The Hall–Kier alpha value is -2.77. The Kier molecular flexibility index (Phi) is 5.76. The minimum atomic E-state index is -4.46. The maximum absolute atomic E-state index is 12.8. The number of alkyl halides is 3. The van der Waals surface area contributed by atoms with E-state index in [0.717, 1.165) is 11.6 Å². The van der Waals surface area contributed by atoms with Gasteiger partial charge in [-0.2, -0.15) is 13.2 Å². The smallest absolute Gasteiger partial charge is 0.433 e. The number of anilines is 1. The quantitative estimate of drug-likeness (QED) is 0.836. The molecule has 1 fully saturated rings. The van der Waals surface area contributed by atoms with Crippen LogP contribution in [0.4, 0.5) is 18.9 Å². The number of carbonyl (C=O) groups excluding carboxylic acids is 1. The van der Waals surface area contributed by atoms with E-state index in [1.807, 2.05) is 36.1 Å². The maximum atomic E-state index is 12.8. The molecule has 1 aliphatic rings. The van der Waals surface area contributed by atoms with Gasteiger partial charge in [0.05, 0.1) is 12.6 Å². The van der Waals surface area contributed by atoms with Crippen molar-refractivity contribution in [2.45, 2.75) is 38.6 Å². The number of amides is 1. The standard InChI is InChI=1S/C20H22F3N3O2/c1-13(25-14(2)27)15-3-5-17(6-4-15)28-18-8-10-26(12-18)16-7-9-24-19(11-16)20(21,22)23/h3-7,9,11,13,18H,8,10,12H2,1-2H3,(H,25,27)/t13-,18+/m0/s1. The molecule has 1 N–H and O–H groups in total. The molecule has 1 aromatic heterocycles. The summed E-state index contributed by atoms with van der Waals surface area (Å²) in [5.74, 6) is 0.597. The summed E-state index contributed by atoms with van der Waals surface area (Å²) in [5, 5.41) is 2.82. The van der Waals surface area contributed by atoms with Crippen LogP contribution in [0.3, 0.4) is 0 Å². The van der Waals surface area contributed by atoms with Gasteiger partial charge in [0.25, 0.3) is 0 Å². The van der Waals surface area contributed by atoms with Gasteiger partial charge < -0.3 is 15.0 Å². The van der Waals surface area contributed by atoms with Gasteiger partial charge >= 0.3 is 6.18 Å². The van der Waals surface area contributed by atoms with Crippen molar-refractivity contribution in [3.8, 4) is 5.75 Å². The van der Waals surface area contributed by atoms with Gasteiger partial charge in [0.15, 0.2) is 0 Å². The molecule has 0 radical (unpaired) electrons. The predicted molar refractivity (Wildman–Crippen MR) is 99.2 cm³/mol. The van der Waals surface area contributed by atoms with E-state index in [1.54, 1.807) is 6.07 Å². The molecule has 0 spiro atoms. The lowest BCUT2D eigenvalue weighted by molar-refractivity contribution is -0.141. The Morgan fingerprint density at radius 2 is 2.00 bits per heavy atom. The third kappa shape index (κ3) is 4.94. The lowest BCUT2D eigenvalue weighted by Gasteiger charge is -2.20. The molecule has 2 atom stereocenters. The number of ether oxygens (including phenoxy) is 1. The molecule has 5 nitrogen and oxygen atoms in total. The van der Waals surface area contributed by atoms with E-state index in [0.29, 0.717) is 30.9 Å². The normalized spacial score (nSPS) is 18.0. The van der Waals surface area contributed by atoms with Gasteiger partial charge in [0.1, 0.15) is 17.5 Å². The molecule has 8 heteroatoms. The van der Waals surface area contributed by atoms with E-state index in [1.165, 1.54) is 13.1 Å². The Morgan fingerprint density at radius 3 is 2.64 bits per heavy atom. The molecule has 1 aliphatic heterocycles. The van der Waals surface area contributed by atoms with E-state index < -0.39 is 11.9 Å². The zero-order valence-electron chi connectivity index (χ0n) is 15.7. The number of nitrogens with zero attached hydrogens (tertiary/aromatic N) is 2. The van der Waals surface area contributed by atoms with Crippen LogP contribution in [-0.2, 0) is 11.0 Å². The molecule has 1 amide bonds. The van der Waals surface area contributed by atoms with Gasteiger partial charge in [0.2, 0.25) is 5.91 Å². The zero-order valence-corrected chi connectivity index (χ0v) is 15.7. The third-order valence-electron chi connectivity index (χ3n) is 4.65. The summed E-state index contributed by atoms with van der Waals surface area (Å²) in [6, 6.07) is 10.0. The topological polar surface area (TPSA) is 54.5 Å². The maximum Gasteiger partial charge on any atom is 0.433 e. The van der Waals surface area contributed by atoms with Crippen LogP contribution in [0.2, 0.25) is 0 Å². The average Bonchev–Trinajstić information content (AvgIpc) is 3.10. The predicted octanol–water partition coefficient (Wildman–Crippen LogP) is 3.96. The van der Waals surface area contributed by atoms with Gasteiger partial charge in [0, 0.05) is 31.8 Å². The molecular formula is C20H22F3N3O2. The van der Waals surface area contributed by atoms with Gasteiger partial charge in [-0.25, -0.2) is 0 Å². The summed E-state index contributed by atoms with van der Waals surface area (Å²) in [4.78, 5) is 16.4. The minimum absolute atomic E-state index is 0.0938. The van der Waals surface area contributed by atoms with Crippen LogP contribution in [0.15, 0.2) is 42.6 Å². The van der Waals surface area contributed by atoms with Crippen LogP contribution >= 0.6 is 0 Å². The lowest BCUT2D eigenvalue weighted by Crippen LogP contribution is -2.25. The first kappa shape index (κ1) is 20.0. The lowest BCUT2D eigenvalue weighted by atomic mass is 10.1. The van der Waals surface area contributed by atoms with E-state index in [2.05, 4.69) is 10.3 Å². The fourth-order valence-corrected chi connectivity index (χ4v) is 3.25. The molecule has 3 rings (SSSR count). The Balaban J connectivity index is 1.60. The molecule has 0 aliphatic carbocycles. The largest absolute Gasteiger partial charge is 0.489 e. The molecule has 2 aromatic rings. The Bertz CT molecular complexity index is 824. The van der Waals surface area contributed by atoms with Gasteiger partial charge in [-0.15, -0.1) is 0 Å². The molecule has 1 aromatic carbocycles. The number of aromatic nitrogens is 1. The summed E-state index contributed by atoms with van der Waals surface area (Å²) in [6.07, 6.45) is -2.67. The number of benzene rings is 1. The van der Waals surface area contributed by atoms with Crippen LogP contribution in [-0.4, -0.2) is 30.1 Å². The second kappa shape index (κ2) is 8.08. The number of pyridine rings is 1. The molecule has 1 saturated heterocycles. The minimum Gasteiger partial charge on any atom is -0.489 e. The number of hydrogen-bond acceptors (Lipinski definition) is 4. The fraction of sp³-hybridized carbons (Fsp3) is 0.400. The Morgan fingerprint density at radius 1 is 1.29 bits per heavy atom. The summed E-state index contributed by atoms with van der Waals surface area (Å²) >= 11 is 0. The molecule has 2 heterocycles. The van der Waals surface area contributed by atoms with Crippen molar-refractivity contribution in [2.75, 3.05) is 18.0 Å². The first-order valence-corrected chi connectivity index (χ1v) is 9.04. The van der Waals surface area contributed by atoms with Crippen LogP contribution in [0, 0.1) is 0 Å². The van der Waals surface area contributed by atoms with Gasteiger partial charge in [-0.3, -0.25) is 9.78 Å². The molecule has 150 valence electrons. The highest BCUT2D eigenvalue weighted by Gasteiger charge is 2.33. The van der Waals surface area contributed by atoms with Gasteiger partial charge in [-0.05, 0) is 36.8 Å². The van der Waals surface area contributed by atoms with Crippen molar-refractivity contribution in [1.82, 2.24) is 10.3 Å². The third-order valence-corrected chi connectivity index (χ3v) is 4.65. The van der Waals surface area contributed by atoms with Crippen molar-refractivity contribution >= 4 is 11.6 Å². The van der Waals surface area contributed by atoms with Crippen LogP contribution in [0.25, 0.3) is 0 Å². The molecule has 0 saturated carbocycles. The van der Waals surface area contributed by atoms with E-state index >= 15 is 0 Å². The van der Waals surface area contributed by atoms with Crippen LogP contribution in [0.1, 0.15) is 37.6 Å². The average molecular weight is 393 g/mol. The number of halogens is 3. The highest BCUT2D eigenvalue weighted by atomic mass is 19.4. The van der Waals surface area contributed by atoms with Crippen molar-refractivity contribution < 1.29 is 22.7 Å². The highest BCUT2D eigenvalue weighted by Crippen LogP contribution is 2.31. The van der Waals surface area contributed by atoms with Crippen LogP contribution < -0.4 is 15.0 Å². The monoisotopic (exact) mass is 393 g/mol. The van der Waals surface area contributed by atoms with E-state index in [9.17, 15) is 18.0 Å². The number of carbonyl (C=O) groups is 1. The second-order valence-electron chi connectivity index (χ2n) is 6.86. The second-order valence-corrected chi connectivity index (χ2v) is 6.86. The van der Waals surface area contributed by atoms with E-state index in [-0.39, 0.29) is 18.1 Å². The zero-order chi connectivity index (χ0) is 20.3. The first-order valence-electron chi connectivity index (χ1n) is 9.04. The van der Waals surface area contributed by atoms with Crippen molar-refractivity contribution in [3.05, 3.63) is 53.9 Å². The number of rotatable bonds is 5. The molecular weight excluding hydrogens is 371 g/mol. The van der Waals surface area contributed by atoms with Crippen LogP contribution in [0.5, 0.6) is 5.75 Å². The van der Waals surface area contributed by atoms with Crippen molar-refractivity contribution in [2.24, 2.45) is 0 Å². The molecule has 0 unspecified atom stereocenters. The Labute approximate surface area is 161 Å².